The molecule has 0 spiro atoms. The van der Waals surface area contributed by atoms with Crippen molar-refractivity contribution in [2.24, 2.45) is 0 Å². The predicted molar refractivity (Wildman–Crippen MR) is 294 cm³/mol. The fourth-order valence-corrected chi connectivity index (χ4v) is 10.7. The van der Waals surface area contributed by atoms with Gasteiger partial charge in [0.25, 0.3) is 0 Å². The highest BCUT2D eigenvalue weighted by molar-refractivity contribution is 6.11. The van der Waals surface area contributed by atoms with Crippen molar-refractivity contribution >= 4 is 38.9 Å². The van der Waals surface area contributed by atoms with E-state index in [0.717, 1.165) is 61.6 Å². The topological polar surface area (TPSA) is 46.8 Å². The van der Waals surface area contributed by atoms with Gasteiger partial charge in [-0.1, -0.05) is 202 Å². The Morgan fingerprint density at radius 3 is 1.48 bits per heavy atom. The molecule has 0 bridgehead atoms. The molecule has 0 fully saturated rings. The molecule has 2 aromatic heterocycles. The maximum atomic E-state index is 5.06. The average molecular weight is 910 g/mol. The summed E-state index contributed by atoms with van der Waals surface area (Å²) in [6.07, 6.45) is 0. The maximum absolute atomic E-state index is 5.06. The van der Waals surface area contributed by atoms with Gasteiger partial charge in [-0.05, 0) is 105 Å². The van der Waals surface area contributed by atoms with Crippen molar-refractivity contribution in [3.63, 3.8) is 0 Å². The summed E-state index contributed by atoms with van der Waals surface area (Å²) in [5.41, 5.74) is 19.1. The third-order valence-electron chi connectivity index (χ3n) is 14.2. The molecule has 1 aliphatic carbocycles. The zero-order chi connectivity index (χ0) is 47.5. The van der Waals surface area contributed by atoms with Crippen molar-refractivity contribution in [2.75, 3.05) is 4.90 Å². The van der Waals surface area contributed by atoms with Gasteiger partial charge in [-0.3, -0.25) is 0 Å². The number of aromatic nitrogens is 4. The number of nitrogens with zero attached hydrogens (tertiary/aromatic N) is 5. The van der Waals surface area contributed by atoms with Crippen LogP contribution in [0.1, 0.15) is 25.0 Å². The van der Waals surface area contributed by atoms with E-state index in [2.05, 4.69) is 211 Å². The van der Waals surface area contributed by atoms with Gasteiger partial charge in [0, 0.05) is 55.6 Å². The molecule has 12 aromatic rings. The first-order chi connectivity index (χ1) is 34.9. The van der Waals surface area contributed by atoms with Crippen LogP contribution in [0.4, 0.5) is 17.1 Å². The van der Waals surface area contributed by atoms with E-state index in [0.29, 0.717) is 17.5 Å². The lowest BCUT2D eigenvalue weighted by atomic mass is 9.82. The normalized spacial score (nSPS) is 12.5. The van der Waals surface area contributed by atoms with Crippen molar-refractivity contribution in [3.05, 3.63) is 260 Å². The zero-order valence-electron chi connectivity index (χ0n) is 39.4. The summed E-state index contributed by atoms with van der Waals surface area (Å²) in [5, 5.41) is 2.37. The maximum Gasteiger partial charge on any atom is 0.164 e. The molecule has 0 saturated carbocycles. The summed E-state index contributed by atoms with van der Waals surface area (Å²) in [6, 6.07) is 88.9. The third kappa shape index (κ3) is 7.38. The van der Waals surface area contributed by atoms with E-state index in [9.17, 15) is 0 Å². The van der Waals surface area contributed by atoms with E-state index < -0.39 is 0 Å². The van der Waals surface area contributed by atoms with Crippen LogP contribution < -0.4 is 4.90 Å². The average Bonchev–Trinajstić information content (AvgIpc) is 3.88. The van der Waals surface area contributed by atoms with Crippen LogP contribution in [0.5, 0.6) is 0 Å². The Hall–Kier alpha value is -9.19. The lowest BCUT2D eigenvalue weighted by Crippen LogP contribution is -2.16. The van der Waals surface area contributed by atoms with Crippen molar-refractivity contribution in [1.29, 1.82) is 0 Å². The summed E-state index contributed by atoms with van der Waals surface area (Å²) < 4.78 is 2.42. The van der Waals surface area contributed by atoms with Gasteiger partial charge in [-0.2, -0.15) is 0 Å². The first kappa shape index (κ1) is 42.0. The summed E-state index contributed by atoms with van der Waals surface area (Å²) >= 11 is 0. The molecule has 5 nitrogen and oxygen atoms in total. The highest BCUT2D eigenvalue weighted by Crippen LogP contribution is 2.51. The van der Waals surface area contributed by atoms with Crippen molar-refractivity contribution in [1.82, 2.24) is 19.5 Å². The fraction of sp³-hybridized carbons (Fsp3) is 0.0455. The Kier molecular flexibility index (Phi) is 10.1. The first-order valence-electron chi connectivity index (χ1n) is 24.3. The SMILES string of the molecule is CC1(C)c2ccccc2-c2ccc(N(c3cccc(-c4ccccc4)c3)c3ccc4c5ccc(-c6cccc(-c7nc(-c8ccccc8)nc(-c8ccccc8)n7)c6)cc5n(-c5ccccc5)c4c3)cc21. The second-order valence-corrected chi connectivity index (χ2v) is 18.9. The molecule has 13 rings (SSSR count). The van der Waals surface area contributed by atoms with Crippen LogP contribution >= 0.6 is 0 Å². The Bertz CT molecular complexity index is 3900. The standard InChI is InChI=1S/C66H47N5/c1-66(2)59-32-16-15-31-55(59)56-37-34-53(42-60(56)66)70(52-30-18-26-48(40-52)44-19-7-3-8-20-44)54-35-38-58-57-36-33-49(41-61(57)71(62(58)43-54)51-28-13-6-14-29-51)47-25-17-27-50(39-47)65-68-63(45-21-9-4-10-22-45)67-64(69-65)46-23-11-5-12-24-46/h3-43H,1-2H3. The molecule has 0 unspecified atom stereocenters. The van der Waals surface area contributed by atoms with Crippen LogP contribution in [-0.2, 0) is 5.41 Å². The van der Waals surface area contributed by atoms with Crippen molar-refractivity contribution in [3.8, 4) is 73.2 Å². The largest absolute Gasteiger partial charge is 0.310 e. The number of hydrogen-bond acceptors (Lipinski definition) is 4. The Morgan fingerprint density at radius 1 is 0.324 bits per heavy atom. The van der Waals surface area contributed by atoms with Gasteiger partial charge in [0.1, 0.15) is 0 Å². The van der Waals surface area contributed by atoms with Crippen molar-refractivity contribution in [2.45, 2.75) is 19.3 Å². The Morgan fingerprint density at radius 2 is 0.789 bits per heavy atom. The van der Waals surface area contributed by atoms with Gasteiger partial charge in [0.2, 0.25) is 0 Å². The highest BCUT2D eigenvalue weighted by atomic mass is 15.1. The van der Waals surface area contributed by atoms with E-state index in [1.807, 2.05) is 60.7 Å². The number of benzene rings is 10. The van der Waals surface area contributed by atoms with Gasteiger partial charge >= 0.3 is 0 Å². The zero-order valence-corrected chi connectivity index (χ0v) is 39.4. The van der Waals surface area contributed by atoms with E-state index >= 15 is 0 Å². The molecule has 0 N–H and O–H groups in total. The van der Waals surface area contributed by atoms with Gasteiger partial charge in [-0.25, -0.2) is 15.0 Å². The summed E-state index contributed by atoms with van der Waals surface area (Å²) in [4.78, 5) is 17.5. The molecule has 336 valence electrons. The number of hydrogen-bond donors (Lipinski definition) is 0. The predicted octanol–water partition coefficient (Wildman–Crippen LogP) is 17.1. The molecule has 71 heavy (non-hydrogen) atoms. The van der Waals surface area contributed by atoms with Gasteiger partial charge < -0.3 is 9.47 Å². The number of para-hydroxylation sites is 1. The monoisotopic (exact) mass is 909 g/mol. The number of anilines is 3. The smallest absolute Gasteiger partial charge is 0.164 e. The minimum atomic E-state index is -0.151. The minimum Gasteiger partial charge on any atom is -0.310 e. The van der Waals surface area contributed by atoms with Crippen molar-refractivity contribution < 1.29 is 0 Å². The van der Waals surface area contributed by atoms with Crippen LogP contribution in [0.2, 0.25) is 0 Å². The number of fused-ring (bicyclic) bond motifs is 6. The molecule has 0 atom stereocenters. The first-order valence-corrected chi connectivity index (χ1v) is 24.3. The minimum absolute atomic E-state index is 0.151. The van der Waals surface area contributed by atoms with E-state index in [1.54, 1.807) is 0 Å². The summed E-state index contributed by atoms with van der Waals surface area (Å²) in [6.45, 7) is 4.71. The quantitative estimate of drug-likeness (QED) is 0.145. The van der Waals surface area contributed by atoms with E-state index in [-0.39, 0.29) is 5.41 Å². The molecule has 0 saturated heterocycles. The van der Waals surface area contributed by atoms with Crippen LogP contribution in [0.25, 0.3) is 95.0 Å². The van der Waals surface area contributed by atoms with Crippen LogP contribution in [-0.4, -0.2) is 19.5 Å². The second kappa shape index (κ2) is 17.1. The lowest BCUT2D eigenvalue weighted by molar-refractivity contribution is 0.660. The molecule has 0 radical (unpaired) electrons. The second-order valence-electron chi connectivity index (χ2n) is 18.9. The molecular formula is C66H47N5. The molecule has 5 heteroatoms. The van der Waals surface area contributed by atoms with Crippen LogP contribution in [0.15, 0.2) is 249 Å². The van der Waals surface area contributed by atoms with E-state index in [1.165, 1.54) is 44.2 Å². The van der Waals surface area contributed by atoms with Crippen LogP contribution in [0.3, 0.4) is 0 Å². The van der Waals surface area contributed by atoms with E-state index in [4.69, 9.17) is 15.0 Å². The summed E-state index contributed by atoms with van der Waals surface area (Å²) in [7, 11) is 0. The molecule has 0 amide bonds. The van der Waals surface area contributed by atoms with Gasteiger partial charge in [0.15, 0.2) is 17.5 Å². The van der Waals surface area contributed by atoms with Gasteiger partial charge in [-0.15, -0.1) is 0 Å². The fourth-order valence-electron chi connectivity index (χ4n) is 10.7. The Balaban J connectivity index is 0.967. The molecule has 10 aromatic carbocycles. The molecule has 0 aliphatic heterocycles. The molecular weight excluding hydrogens is 863 g/mol. The summed E-state index contributed by atoms with van der Waals surface area (Å²) in [5.74, 6) is 1.91. The van der Waals surface area contributed by atoms with Gasteiger partial charge in [0.05, 0.1) is 11.0 Å². The molecule has 2 heterocycles. The third-order valence-corrected chi connectivity index (χ3v) is 14.2. The lowest BCUT2D eigenvalue weighted by Gasteiger charge is -2.28. The van der Waals surface area contributed by atoms with Crippen LogP contribution in [0, 0.1) is 0 Å². The number of rotatable bonds is 9. The highest BCUT2D eigenvalue weighted by Gasteiger charge is 2.36. The Labute approximate surface area is 413 Å². The molecule has 1 aliphatic rings.